The van der Waals surface area contributed by atoms with Crippen LogP contribution in [-0.2, 0) is 6.42 Å². The summed E-state index contributed by atoms with van der Waals surface area (Å²) in [6.07, 6.45) is 2.38. The maximum Gasteiger partial charge on any atom is 0.345 e. The molecule has 0 unspecified atom stereocenters. The van der Waals surface area contributed by atoms with E-state index >= 15 is 0 Å². The van der Waals surface area contributed by atoms with Gasteiger partial charge in [0.25, 0.3) is 0 Å². The molecule has 66 valence electrons. The van der Waals surface area contributed by atoms with Gasteiger partial charge in [-0.05, 0) is 20.2 Å². The summed E-state index contributed by atoms with van der Waals surface area (Å²) in [5.74, 6) is 0. The first-order chi connectivity index (χ1) is 5.68. The van der Waals surface area contributed by atoms with Gasteiger partial charge in [-0.3, -0.25) is 0 Å². The Morgan fingerprint density at radius 2 is 2.33 bits per heavy atom. The molecule has 1 aromatic rings. The zero-order chi connectivity index (χ0) is 8.97. The first-order valence-electron chi connectivity index (χ1n) is 3.87. The van der Waals surface area contributed by atoms with E-state index in [4.69, 9.17) is 0 Å². The molecular weight excluding hydrogens is 154 g/mol. The van der Waals surface area contributed by atoms with Crippen LogP contribution in [0.4, 0.5) is 0 Å². The topological polar surface area (TPSA) is 49.0 Å². The van der Waals surface area contributed by atoms with E-state index < -0.39 is 0 Å². The van der Waals surface area contributed by atoms with Crippen molar-refractivity contribution in [3.8, 4) is 0 Å². The molecule has 12 heavy (non-hydrogen) atoms. The van der Waals surface area contributed by atoms with Gasteiger partial charge in [0.15, 0.2) is 0 Å². The van der Waals surface area contributed by atoms with Crippen LogP contribution in [0.25, 0.3) is 0 Å². The van der Waals surface area contributed by atoms with E-state index in [2.05, 4.69) is 14.9 Å². The zero-order valence-electron chi connectivity index (χ0n) is 7.37. The first-order valence-corrected chi connectivity index (χ1v) is 3.87. The van der Waals surface area contributed by atoms with Gasteiger partial charge in [-0.2, -0.15) is 0 Å². The van der Waals surface area contributed by atoms with Crippen molar-refractivity contribution in [3.05, 3.63) is 28.4 Å². The molecule has 4 nitrogen and oxygen atoms in total. The Bertz CT molecular complexity index is 292. The number of nitrogens with zero attached hydrogens (tertiary/aromatic N) is 2. The smallest absolute Gasteiger partial charge is 0.310 e. The minimum Gasteiger partial charge on any atom is -0.310 e. The molecule has 0 saturated carbocycles. The zero-order valence-corrected chi connectivity index (χ0v) is 7.37. The Kier molecular flexibility index (Phi) is 2.99. The number of aromatic nitrogens is 2. The third-order valence-electron chi connectivity index (χ3n) is 1.56. The summed E-state index contributed by atoms with van der Waals surface area (Å²) >= 11 is 0. The van der Waals surface area contributed by atoms with Crippen LogP contribution in [0.5, 0.6) is 0 Å². The lowest BCUT2D eigenvalue weighted by Gasteiger charge is -2.07. The lowest BCUT2D eigenvalue weighted by Crippen LogP contribution is -2.18. The standard InChI is InChI=1S/C8H13N3O/c1-11(2)6-4-7-3-5-9-8(12)10-7/h3,5H,4,6H2,1-2H3,(H,9,10,12). The van der Waals surface area contributed by atoms with Gasteiger partial charge in [0, 0.05) is 24.9 Å². The number of aromatic amines is 1. The Labute approximate surface area is 71.3 Å². The molecule has 0 aliphatic heterocycles. The molecule has 4 heteroatoms. The van der Waals surface area contributed by atoms with Gasteiger partial charge in [0.2, 0.25) is 0 Å². The lowest BCUT2D eigenvalue weighted by atomic mass is 10.3. The summed E-state index contributed by atoms with van der Waals surface area (Å²) in [4.78, 5) is 19.0. The fraction of sp³-hybridized carbons (Fsp3) is 0.500. The molecule has 0 aliphatic carbocycles. The normalized spacial score (nSPS) is 10.6. The molecule has 0 spiro atoms. The second-order valence-corrected chi connectivity index (χ2v) is 2.95. The fourth-order valence-electron chi connectivity index (χ4n) is 0.896. The van der Waals surface area contributed by atoms with Gasteiger partial charge in [-0.25, -0.2) is 9.78 Å². The van der Waals surface area contributed by atoms with Crippen LogP contribution >= 0.6 is 0 Å². The highest BCUT2D eigenvalue weighted by Gasteiger charge is 1.94. The number of H-pyrrole nitrogens is 1. The van der Waals surface area contributed by atoms with Gasteiger partial charge >= 0.3 is 5.69 Å². The van der Waals surface area contributed by atoms with Crippen molar-refractivity contribution in [2.24, 2.45) is 0 Å². The molecule has 0 fully saturated rings. The largest absolute Gasteiger partial charge is 0.345 e. The average molecular weight is 167 g/mol. The SMILES string of the molecule is CN(C)CCc1ccnc(=O)[nH]1. The molecule has 0 radical (unpaired) electrons. The van der Waals surface area contributed by atoms with Gasteiger partial charge < -0.3 is 9.88 Å². The lowest BCUT2D eigenvalue weighted by molar-refractivity contribution is 0.411. The Morgan fingerprint density at radius 3 is 2.92 bits per heavy atom. The quantitative estimate of drug-likeness (QED) is 0.682. The number of nitrogens with one attached hydrogen (secondary N) is 1. The van der Waals surface area contributed by atoms with Crippen LogP contribution in [0, 0.1) is 0 Å². The van der Waals surface area contributed by atoms with E-state index in [0.29, 0.717) is 0 Å². The molecule has 0 aromatic carbocycles. The van der Waals surface area contributed by atoms with E-state index in [9.17, 15) is 4.79 Å². The van der Waals surface area contributed by atoms with Gasteiger partial charge in [0.05, 0.1) is 0 Å². The van der Waals surface area contributed by atoms with Gasteiger partial charge in [0.1, 0.15) is 0 Å². The van der Waals surface area contributed by atoms with E-state index in [-0.39, 0.29) is 5.69 Å². The highest BCUT2D eigenvalue weighted by Crippen LogP contribution is 1.90. The number of hydrogen-bond donors (Lipinski definition) is 1. The highest BCUT2D eigenvalue weighted by molar-refractivity contribution is 4.98. The molecule has 0 saturated heterocycles. The van der Waals surface area contributed by atoms with Crippen LogP contribution in [0.3, 0.4) is 0 Å². The second-order valence-electron chi connectivity index (χ2n) is 2.95. The maximum atomic E-state index is 10.8. The predicted octanol–water partition coefficient (Wildman–Crippen LogP) is -0.126. The number of likely N-dealkylation sites (N-methyl/N-ethyl adjacent to an activating group) is 1. The van der Waals surface area contributed by atoms with Gasteiger partial charge in [-0.1, -0.05) is 0 Å². The van der Waals surface area contributed by atoms with Crippen molar-refractivity contribution < 1.29 is 0 Å². The van der Waals surface area contributed by atoms with Crippen molar-refractivity contribution >= 4 is 0 Å². The summed E-state index contributed by atoms with van der Waals surface area (Å²) in [7, 11) is 4.00. The summed E-state index contributed by atoms with van der Waals surface area (Å²) in [5.41, 5.74) is 0.662. The third-order valence-corrected chi connectivity index (χ3v) is 1.56. The Hall–Kier alpha value is -1.16. The van der Waals surface area contributed by atoms with Crippen LogP contribution in [-0.4, -0.2) is 35.5 Å². The molecule has 0 aliphatic rings. The summed E-state index contributed by atoms with van der Waals surface area (Å²) < 4.78 is 0. The molecule has 0 amide bonds. The molecule has 1 N–H and O–H groups in total. The van der Waals surface area contributed by atoms with E-state index in [0.717, 1.165) is 18.7 Å². The summed E-state index contributed by atoms with van der Waals surface area (Å²) in [5, 5.41) is 0. The molecule has 0 atom stereocenters. The van der Waals surface area contributed by atoms with Crippen LogP contribution in [0.15, 0.2) is 17.1 Å². The van der Waals surface area contributed by atoms with E-state index in [1.165, 1.54) is 6.20 Å². The van der Waals surface area contributed by atoms with Gasteiger partial charge in [-0.15, -0.1) is 0 Å². The number of rotatable bonds is 3. The summed E-state index contributed by atoms with van der Waals surface area (Å²) in [6, 6.07) is 1.82. The van der Waals surface area contributed by atoms with E-state index in [1.807, 2.05) is 20.2 Å². The fourth-order valence-corrected chi connectivity index (χ4v) is 0.896. The summed E-state index contributed by atoms with van der Waals surface area (Å²) in [6.45, 7) is 0.931. The van der Waals surface area contributed by atoms with Crippen molar-refractivity contribution in [3.63, 3.8) is 0 Å². The first kappa shape index (κ1) is 8.93. The maximum absolute atomic E-state index is 10.8. The minimum atomic E-state index is -0.272. The Morgan fingerprint density at radius 1 is 1.58 bits per heavy atom. The highest BCUT2D eigenvalue weighted by atomic mass is 16.1. The molecule has 0 bridgehead atoms. The van der Waals surface area contributed by atoms with Crippen LogP contribution in [0.2, 0.25) is 0 Å². The predicted molar refractivity (Wildman–Crippen MR) is 47.1 cm³/mol. The molecule has 1 rings (SSSR count). The number of hydrogen-bond acceptors (Lipinski definition) is 3. The average Bonchev–Trinajstić information content (AvgIpc) is 2.01. The van der Waals surface area contributed by atoms with Crippen molar-refractivity contribution in [1.82, 2.24) is 14.9 Å². The van der Waals surface area contributed by atoms with Crippen molar-refractivity contribution in [2.75, 3.05) is 20.6 Å². The monoisotopic (exact) mass is 167 g/mol. The van der Waals surface area contributed by atoms with Crippen molar-refractivity contribution in [2.45, 2.75) is 6.42 Å². The third kappa shape index (κ3) is 2.84. The minimum absolute atomic E-state index is 0.272. The second kappa shape index (κ2) is 4.01. The molecular formula is C8H13N3O. The van der Waals surface area contributed by atoms with Crippen LogP contribution < -0.4 is 5.69 Å². The van der Waals surface area contributed by atoms with E-state index in [1.54, 1.807) is 0 Å². The molecule has 1 heterocycles. The molecule has 1 aromatic heterocycles. The van der Waals surface area contributed by atoms with Crippen LogP contribution in [0.1, 0.15) is 5.69 Å². The Balaban J connectivity index is 2.58. The van der Waals surface area contributed by atoms with Crippen molar-refractivity contribution in [1.29, 1.82) is 0 Å².